The molecule has 0 bridgehead atoms. The highest BCUT2D eigenvalue weighted by Crippen LogP contribution is 2.59. The van der Waals surface area contributed by atoms with E-state index in [2.05, 4.69) is 0 Å². The van der Waals surface area contributed by atoms with Crippen LogP contribution in [0.3, 0.4) is 0 Å². The summed E-state index contributed by atoms with van der Waals surface area (Å²) in [5, 5.41) is 0. The summed E-state index contributed by atoms with van der Waals surface area (Å²) in [4.78, 5) is 0.250. The van der Waals surface area contributed by atoms with Gasteiger partial charge in [-0.2, -0.15) is 0 Å². The molecule has 0 nitrogen and oxygen atoms in total. The third kappa shape index (κ3) is 0.567. The molecule has 2 fully saturated rings. The predicted molar refractivity (Wildman–Crippen MR) is 30.3 cm³/mol. The van der Waals surface area contributed by atoms with Gasteiger partial charge in [-0.25, -0.2) is 0 Å². The average molecular weight is 116 g/mol. The maximum Gasteiger partial charge on any atom is 0.0510 e. The molecule has 0 aromatic carbocycles. The van der Waals surface area contributed by atoms with Gasteiger partial charge in [-0.1, -0.05) is 0 Å². The molecule has 0 aromatic rings. The van der Waals surface area contributed by atoms with E-state index in [9.17, 15) is 0 Å². The Morgan fingerprint density at radius 3 is 2.00 bits per heavy atom. The fourth-order valence-corrected chi connectivity index (χ4v) is 1.26. The maximum atomic E-state index is 6.00. The minimum Gasteiger partial charge on any atom is -0.119 e. The number of halogens is 1. The fourth-order valence-electron chi connectivity index (χ4n) is 0.974. The highest BCUT2D eigenvalue weighted by Gasteiger charge is 2.52. The molecule has 2 rings (SSSR count). The van der Waals surface area contributed by atoms with Crippen molar-refractivity contribution in [2.75, 3.05) is 0 Å². The van der Waals surface area contributed by atoms with Crippen molar-refractivity contribution in [2.45, 2.75) is 30.6 Å². The van der Waals surface area contributed by atoms with Crippen LogP contribution in [0.15, 0.2) is 0 Å². The maximum absolute atomic E-state index is 6.00. The molecule has 1 radical (unpaired) electrons. The summed E-state index contributed by atoms with van der Waals surface area (Å²) < 4.78 is 0. The van der Waals surface area contributed by atoms with Crippen LogP contribution in [0.5, 0.6) is 0 Å². The molecule has 2 aliphatic rings. The van der Waals surface area contributed by atoms with Crippen LogP contribution in [0, 0.1) is 5.92 Å². The summed E-state index contributed by atoms with van der Waals surface area (Å²) in [5.41, 5.74) is 0. The van der Waals surface area contributed by atoms with Gasteiger partial charge in [0.05, 0.1) is 4.87 Å². The van der Waals surface area contributed by atoms with Crippen molar-refractivity contribution < 1.29 is 0 Å². The van der Waals surface area contributed by atoms with Crippen LogP contribution in [0.4, 0.5) is 0 Å². The van der Waals surface area contributed by atoms with Crippen molar-refractivity contribution in [2.24, 2.45) is 0 Å². The summed E-state index contributed by atoms with van der Waals surface area (Å²) >= 11 is 6.00. The van der Waals surface area contributed by atoms with E-state index >= 15 is 0 Å². The van der Waals surface area contributed by atoms with Crippen LogP contribution in [0.2, 0.25) is 0 Å². The third-order valence-corrected chi connectivity index (χ3v) is 2.47. The lowest BCUT2D eigenvalue weighted by molar-refractivity contribution is 1.02. The first-order valence-corrected chi connectivity index (χ1v) is 3.23. The van der Waals surface area contributed by atoms with E-state index in [1.165, 1.54) is 25.7 Å². The van der Waals surface area contributed by atoms with Gasteiger partial charge in [-0.3, -0.25) is 0 Å². The molecule has 2 aliphatic carbocycles. The molecule has 0 spiro atoms. The van der Waals surface area contributed by atoms with E-state index in [1.807, 2.05) is 0 Å². The number of alkyl halides is 1. The van der Waals surface area contributed by atoms with Gasteiger partial charge in [0, 0.05) is 0 Å². The highest BCUT2D eigenvalue weighted by molar-refractivity contribution is 6.27. The Kier molecular flexibility index (Phi) is 0.597. The van der Waals surface area contributed by atoms with Crippen molar-refractivity contribution in [1.29, 1.82) is 0 Å². The fraction of sp³-hybridized carbons (Fsp3) is 0.833. The Hall–Kier alpha value is 0.290. The Morgan fingerprint density at radius 1 is 1.29 bits per heavy atom. The van der Waals surface area contributed by atoms with Gasteiger partial charge < -0.3 is 0 Å². The zero-order valence-electron chi connectivity index (χ0n) is 4.21. The van der Waals surface area contributed by atoms with Crippen LogP contribution in [0.1, 0.15) is 25.7 Å². The van der Waals surface area contributed by atoms with Gasteiger partial charge >= 0.3 is 0 Å². The van der Waals surface area contributed by atoms with Gasteiger partial charge in [-0.05, 0) is 31.6 Å². The molecule has 0 unspecified atom stereocenters. The monoisotopic (exact) mass is 115 g/mol. The molecule has 0 atom stereocenters. The smallest absolute Gasteiger partial charge is 0.0510 e. The summed E-state index contributed by atoms with van der Waals surface area (Å²) in [6.07, 6.45) is 5.15. The molecule has 0 N–H and O–H groups in total. The van der Waals surface area contributed by atoms with E-state index in [1.54, 1.807) is 5.92 Å². The van der Waals surface area contributed by atoms with Crippen LogP contribution >= 0.6 is 11.6 Å². The standard InChI is InChI=1S/C6H8Cl/c7-6(3-4-6)5-1-2-5/h1-4H2. The van der Waals surface area contributed by atoms with E-state index in [0.29, 0.717) is 0 Å². The Balaban J connectivity index is 2.04. The van der Waals surface area contributed by atoms with Crippen molar-refractivity contribution in [1.82, 2.24) is 0 Å². The van der Waals surface area contributed by atoms with Crippen LogP contribution < -0.4 is 0 Å². The zero-order chi connectivity index (χ0) is 4.91. The third-order valence-electron chi connectivity index (χ3n) is 1.82. The van der Waals surface area contributed by atoms with Gasteiger partial charge in [0.15, 0.2) is 0 Å². The van der Waals surface area contributed by atoms with Crippen LogP contribution in [-0.4, -0.2) is 4.87 Å². The van der Waals surface area contributed by atoms with E-state index in [4.69, 9.17) is 11.6 Å². The highest BCUT2D eigenvalue weighted by atomic mass is 35.5. The van der Waals surface area contributed by atoms with Crippen LogP contribution in [-0.2, 0) is 0 Å². The molecule has 2 saturated carbocycles. The van der Waals surface area contributed by atoms with Crippen molar-refractivity contribution in [3.8, 4) is 0 Å². The molecule has 1 heteroatoms. The van der Waals surface area contributed by atoms with Crippen molar-refractivity contribution in [3.63, 3.8) is 0 Å². The molecule has 7 heavy (non-hydrogen) atoms. The minimum absolute atomic E-state index is 0.250. The summed E-state index contributed by atoms with van der Waals surface area (Å²) in [7, 11) is 0. The summed E-state index contributed by atoms with van der Waals surface area (Å²) in [6, 6.07) is 0. The SMILES string of the molecule is ClC1([C]2CC2)CC1. The molecule has 0 saturated heterocycles. The molecule has 0 aliphatic heterocycles. The molecule has 39 valence electrons. The minimum atomic E-state index is 0.250. The van der Waals surface area contributed by atoms with Gasteiger partial charge in [0.25, 0.3) is 0 Å². The summed E-state index contributed by atoms with van der Waals surface area (Å²) in [5.74, 6) is 1.62. The normalized spacial score (nSPS) is 35.6. The van der Waals surface area contributed by atoms with Crippen molar-refractivity contribution in [3.05, 3.63) is 5.92 Å². The Labute approximate surface area is 48.9 Å². The number of hydrogen-bond acceptors (Lipinski definition) is 0. The topological polar surface area (TPSA) is 0 Å². The second-order valence-corrected chi connectivity index (χ2v) is 3.29. The molecule has 0 aromatic heterocycles. The van der Waals surface area contributed by atoms with E-state index in [-0.39, 0.29) is 4.87 Å². The second kappa shape index (κ2) is 0.997. The Morgan fingerprint density at radius 2 is 1.86 bits per heavy atom. The number of hydrogen-bond donors (Lipinski definition) is 0. The molecule has 0 heterocycles. The largest absolute Gasteiger partial charge is 0.119 e. The van der Waals surface area contributed by atoms with Crippen molar-refractivity contribution >= 4 is 11.6 Å². The Bertz CT molecular complexity index is 90.4. The quantitative estimate of drug-likeness (QED) is 0.460. The zero-order valence-corrected chi connectivity index (χ0v) is 4.96. The number of rotatable bonds is 1. The van der Waals surface area contributed by atoms with E-state index in [0.717, 1.165) is 0 Å². The first kappa shape index (κ1) is 4.20. The molecule has 0 amide bonds. The lowest BCUT2D eigenvalue weighted by Crippen LogP contribution is -1.95. The molecular weight excluding hydrogens is 108 g/mol. The first-order chi connectivity index (χ1) is 3.31. The van der Waals surface area contributed by atoms with Gasteiger partial charge in [-0.15, -0.1) is 11.6 Å². The molecular formula is C6H8Cl. The average Bonchev–Trinajstić information content (AvgIpc) is 2.14. The lowest BCUT2D eigenvalue weighted by atomic mass is 10.3. The van der Waals surface area contributed by atoms with E-state index < -0.39 is 0 Å². The van der Waals surface area contributed by atoms with Gasteiger partial charge in [0.1, 0.15) is 0 Å². The summed E-state index contributed by atoms with van der Waals surface area (Å²) in [6.45, 7) is 0. The first-order valence-electron chi connectivity index (χ1n) is 2.85. The predicted octanol–water partition coefficient (Wildman–Crippen LogP) is 2.13. The second-order valence-electron chi connectivity index (χ2n) is 2.57. The lowest BCUT2D eigenvalue weighted by Gasteiger charge is -1.96. The van der Waals surface area contributed by atoms with Crippen LogP contribution in [0.25, 0.3) is 0 Å². The van der Waals surface area contributed by atoms with Gasteiger partial charge in [0.2, 0.25) is 0 Å².